The van der Waals surface area contributed by atoms with E-state index in [4.69, 9.17) is 4.52 Å². The van der Waals surface area contributed by atoms with Crippen LogP contribution in [0.2, 0.25) is 0 Å². The van der Waals surface area contributed by atoms with E-state index in [0.717, 1.165) is 17.5 Å². The van der Waals surface area contributed by atoms with E-state index in [2.05, 4.69) is 38.0 Å². The molecule has 0 aliphatic carbocycles. The van der Waals surface area contributed by atoms with E-state index < -0.39 is 0 Å². The van der Waals surface area contributed by atoms with Crippen LogP contribution in [0.15, 0.2) is 23.0 Å². The zero-order valence-electron chi connectivity index (χ0n) is 9.14. The Hall–Kier alpha value is -1.23. The van der Waals surface area contributed by atoms with Gasteiger partial charge in [0.05, 0.1) is 4.83 Å². The minimum Gasteiger partial charge on any atom is -0.338 e. The van der Waals surface area contributed by atoms with Crippen LogP contribution < -0.4 is 0 Å². The maximum absolute atomic E-state index is 5.19. The first-order valence-corrected chi connectivity index (χ1v) is 6.02. The summed E-state index contributed by atoms with van der Waals surface area (Å²) >= 11 is 3.48. The van der Waals surface area contributed by atoms with E-state index in [0.29, 0.717) is 11.7 Å². The van der Waals surface area contributed by atoms with Crippen LogP contribution in [-0.4, -0.2) is 15.1 Å². The lowest BCUT2D eigenvalue weighted by atomic mass is 10.1. The van der Waals surface area contributed by atoms with E-state index in [9.17, 15) is 0 Å². The lowest BCUT2D eigenvalue weighted by molar-refractivity contribution is 0.377. The predicted octanol–water partition coefficient (Wildman–Crippen LogP) is 3.29. The smallest absolute Gasteiger partial charge is 0.240 e. The second-order valence-corrected chi connectivity index (χ2v) is 4.63. The molecule has 0 aliphatic rings. The van der Waals surface area contributed by atoms with Gasteiger partial charge in [0.1, 0.15) is 0 Å². The quantitative estimate of drug-likeness (QED) is 0.810. The highest BCUT2D eigenvalue weighted by atomic mass is 79.9. The van der Waals surface area contributed by atoms with Gasteiger partial charge in [-0.2, -0.15) is 4.98 Å². The lowest BCUT2D eigenvalue weighted by Gasteiger charge is -1.98. The molecular formula is C11H12BrN3O. The highest BCUT2D eigenvalue weighted by Gasteiger charge is 2.15. The standard InChI is InChI=1S/C11H12BrN3O/c1-3-9(12)11-14-10(15-16-11)8-6-13-5-4-7(8)2/h4-6,9H,3H2,1-2H3. The summed E-state index contributed by atoms with van der Waals surface area (Å²) in [6, 6.07) is 1.93. The number of pyridine rings is 1. The molecule has 1 unspecified atom stereocenters. The van der Waals surface area contributed by atoms with Crippen LogP contribution in [0.4, 0.5) is 0 Å². The number of alkyl halides is 1. The molecule has 0 radical (unpaired) electrons. The van der Waals surface area contributed by atoms with Crippen molar-refractivity contribution in [2.24, 2.45) is 0 Å². The molecule has 2 aromatic heterocycles. The molecule has 84 valence electrons. The fraction of sp³-hybridized carbons (Fsp3) is 0.364. The third-order valence-electron chi connectivity index (χ3n) is 2.35. The molecule has 1 atom stereocenters. The van der Waals surface area contributed by atoms with Gasteiger partial charge in [-0.1, -0.05) is 28.0 Å². The number of aromatic nitrogens is 3. The van der Waals surface area contributed by atoms with Crippen molar-refractivity contribution in [3.63, 3.8) is 0 Å². The Kier molecular flexibility index (Phi) is 3.33. The van der Waals surface area contributed by atoms with Gasteiger partial charge in [0.25, 0.3) is 0 Å². The van der Waals surface area contributed by atoms with E-state index in [1.807, 2.05) is 13.0 Å². The minimum absolute atomic E-state index is 0.116. The van der Waals surface area contributed by atoms with Crippen LogP contribution in [0.3, 0.4) is 0 Å². The maximum Gasteiger partial charge on any atom is 0.240 e. The van der Waals surface area contributed by atoms with Gasteiger partial charge in [-0.05, 0) is 25.0 Å². The predicted molar refractivity (Wildman–Crippen MR) is 64.2 cm³/mol. The summed E-state index contributed by atoms with van der Waals surface area (Å²) in [6.45, 7) is 4.05. The molecule has 0 fully saturated rings. The number of aryl methyl sites for hydroxylation is 1. The monoisotopic (exact) mass is 281 g/mol. The van der Waals surface area contributed by atoms with Gasteiger partial charge in [-0.3, -0.25) is 4.98 Å². The van der Waals surface area contributed by atoms with Gasteiger partial charge >= 0.3 is 0 Å². The van der Waals surface area contributed by atoms with Gasteiger partial charge in [-0.15, -0.1) is 0 Å². The Labute approximate surface area is 102 Å². The van der Waals surface area contributed by atoms with Gasteiger partial charge in [0, 0.05) is 18.0 Å². The number of rotatable bonds is 3. The SMILES string of the molecule is CCC(Br)c1nc(-c2cnccc2C)no1. The summed E-state index contributed by atoms with van der Waals surface area (Å²) in [5.74, 6) is 1.21. The van der Waals surface area contributed by atoms with Crippen LogP contribution in [0.1, 0.15) is 29.6 Å². The highest BCUT2D eigenvalue weighted by molar-refractivity contribution is 9.09. The van der Waals surface area contributed by atoms with Crippen LogP contribution in [0, 0.1) is 6.92 Å². The van der Waals surface area contributed by atoms with Crippen molar-refractivity contribution < 1.29 is 4.52 Å². The second-order valence-electron chi connectivity index (χ2n) is 3.52. The molecule has 0 bridgehead atoms. The number of hydrogen-bond donors (Lipinski definition) is 0. The summed E-state index contributed by atoms with van der Waals surface area (Å²) in [5, 5.41) is 3.96. The average Bonchev–Trinajstić information content (AvgIpc) is 2.78. The summed E-state index contributed by atoms with van der Waals surface area (Å²) in [5.41, 5.74) is 2.00. The van der Waals surface area contributed by atoms with E-state index in [1.165, 1.54) is 0 Å². The summed E-state index contributed by atoms with van der Waals surface area (Å²) < 4.78 is 5.19. The van der Waals surface area contributed by atoms with Crippen LogP contribution in [0.5, 0.6) is 0 Å². The van der Waals surface area contributed by atoms with Crippen LogP contribution in [0.25, 0.3) is 11.4 Å². The number of halogens is 1. The zero-order valence-corrected chi connectivity index (χ0v) is 10.7. The molecule has 0 saturated carbocycles. The molecule has 0 N–H and O–H groups in total. The largest absolute Gasteiger partial charge is 0.338 e. The van der Waals surface area contributed by atoms with Gasteiger partial charge in [-0.25, -0.2) is 0 Å². The maximum atomic E-state index is 5.19. The van der Waals surface area contributed by atoms with Crippen molar-refractivity contribution in [2.75, 3.05) is 0 Å². The molecule has 0 spiro atoms. The summed E-state index contributed by atoms with van der Waals surface area (Å²) in [7, 11) is 0. The molecular weight excluding hydrogens is 270 g/mol. The van der Waals surface area contributed by atoms with Crippen LogP contribution in [-0.2, 0) is 0 Å². The first-order chi connectivity index (χ1) is 7.72. The molecule has 0 aliphatic heterocycles. The fourth-order valence-electron chi connectivity index (χ4n) is 1.34. The van der Waals surface area contributed by atoms with Gasteiger partial charge in [0.15, 0.2) is 0 Å². The molecule has 0 saturated heterocycles. The molecule has 0 amide bonds. The Morgan fingerprint density at radius 1 is 1.50 bits per heavy atom. The average molecular weight is 282 g/mol. The van der Waals surface area contributed by atoms with Crippen molar-refractivity contribution in [1.82, 2.24) is 15.1 Å². The first kappa shape index (κ1) is 11.3. The van der Waals surface area contributed by atoms with Gasteiger partial charge < -0.3 is 4.52 Å². The Morgan fingerprint density at radius 3 is 3.00 bits per heavy atom. The molecule has 2 rings (SSSR count). The zero-order chi connectivity index (χ0) is 11.5. The van der Waals surface area contributed by atoms with Crippen molar-refractivity contribution in [2.45, 2.75) is 25.1 Å². The molecule has 2 aromatic rings. The van der Waals surface area contributed by atoms with Crippen molar-refractivity contribution >= 4 is 15.9 Å². The Morgan fingerprint density at radius 2 is 2.31 bits per heavy atom. The molecule has 16 heavy (non-hydrogen) atoms. The molecule has 2 heterocycles. The minimum atomic E-state index is 0.116. The van der Waals surface area contributed by atoms with Gasteiger partial charge in [0.2, 0.25) is 11.7 Å². The van der Waals surface area contributed by atoms with Crippen molar-refractivity contribution in [3.05, 3.63) is 29.9 Å². The first-order valence-electron chi connectivity index (χ1n) is 5.11. The Bertz CT molecular complexity index is 484. The van der Waals surface area contributed by atoms with Crippen LogP contribution >= 0.6 is 15.9 Å². The fourth-order valence-corrected chi connectivity index (χ4v) is 1.53. The van der Waals surface area contributed by atoms with E-state index in [1.54, 1.807) is 12.4 Å². The topological polar surface area (TPSA) is 51.8 Å². The summed E-state index contributed by atoms with van der Waals surface area (Å²) in [6.07, 6.45) is 4.41. The Balaban J connectivity index is 2.35. The van der Waals surface area contributed by atoms with Crippen molar-refractivity contribution in [3.8, 4) is 11.4 Å². The second kappa shape index (κ2) is 4.74. The van der Waals surface area contributed by atoms with E-state index >= 15 is 0 Å². The molecule has 5 heteroatoms. The van der Waals surface area contributed by atoms with E-state index in [-0.39, 0.29) is 4.83 Å². The third kappa shape index (κ3) is 2.14. The number of nitrogens with zero attached hydrogens (tertiary/aromatic N) is 3. The number of hydrogen-bond acceptors (Lipinski definition) is 4. The summed E-state index contributed by atoms with van der Waals surface area (Å²) in [4.78, 5) is 8.53. The van der Waals surface area contributed by atoms with Crippen molar-refractivity contribution in [1.29, 1.82) is 0 Å². The normalized spacial score (nSPS) is 12.7. The third-order valence-corrected chi connectivity index (χ3v) is 3.39. The molecule has 4 nitrogen and oxygen atoms in total. The highest BCUT2D eigenvalue weighted by Crippen LogP contribution is 2.27. The lowest BCUT2D eigenvalue weighted by Crippen LogP contribution is -1.89. The molecule has 0 aromatic carbocycles.